The van der Waals surface area contributed by atoms with Crippen LogP contribution >= 0.6 is 0 Å². The fourth-order valence-electron chi connectivity index (χ4n) is 1.22. The molecule has 0 heterocycles. The standard InChI is InChI=1S/C11H6F6/c1-2-9(11(15,16)17)7-4-3-5-8(6-7)10(12,13)14/h3-6H,1H2. The monoisotopic (exact) mass is 252 g/mol. The van der Waals surface area contributed by atoms with Crippen molar-refractivity contribution in [2.45, 2.75) is 12.4 Å². The Balaban J connectivity index is 3.30. The van der Waals surface area contributed by atoms with Crippen LogP contribution in [0.2, 0.25) is 0 Å². The lowest BCUT2D eigenvalue weighted by Gasteiger charge is -2.12. The summed E-state index contributed by atoms with van der Waals surface area (Å²) in [5, 5.41) is 0. The Morgan fingerprint density at radius 3 is 2.06 bits per heavy atom. The highest BCUT2D eigenvalue weighted by Crippen LogP contribution is 2.36. The van der Waals surface area contributed by atoms with Crippen molar-refractivity contribution in [2.75, 3.05) is 0 Å². The van der Waals surface area contributed by atoms with E-state index in [1.807, 2.05) is 0 Å². The predicted octanol–water partition coefficient (Wildman–Crippen LogP) is 4.44. The van der Waals surface area contributed by atoms with Gasteiger partial charge < -0.3 is 0 Å². The van der Waals surface area contributed by atoms with Crippen LogP contribution < -0.4 is 0 Å². The number of allylic oxidation sites excluding steroid dienone is 1. The zero-order chi connectivity index (χ0) is 13.3. The maximum atomic E-state index is 12.4. The molecule has 0 saturated carbocycles. The Hall–Kier alpha value is -1.68. The molecule has 17 heavy (non-hydrogen) atoms. The summed E-state index contributed by atoms with van der Waals surface area (Å²) in [5.41, 5.74) is -1.46. The molecular weight excluding hydrogens is 246 g/mol. The third-order valence-electron chi connectivity index (χ3n) is 1.94. The van der Waals surface area contributed by atoms with Gasteiger partial charge in [0.1, 0.15) is 5.57 Å². The average molecular weight is 252 g/mol. The zero-order valence-corrected chi connectivity index (χ0v) is 8.28. The summed E-state index contributed by atoms with van der Waals surface area (Å²) in [5.74, 6) is 0. The summed E-state index contributed by atoms with van der Waals surface area (Å²) in [6, 6.07) is 2.94. The van der Waals surface area contributed by atoms with E-state index in [2.05, 4.69) is 6.58 Å². The highest BCUT2D eigenvalue weighted by Gasteiger charge is 2.36. The van der Waals surface area contributed by atoms with E-state index in [9.17, 15) is 26.3 Å². The van der Waals surface area contributed by atoms with Gasteiger partial charge in [0.25, 0.3) is 0 Å². The molecule has 0 N–H and O–H groups in total. The summed E-state index contributed by atoms with van der Waals surface area (Å²) in [4.78, 5) is 0. The van der Waals surface area contributed by atoms with Gasteiger partial charge in [-0.2, -0.15) is 26.3 Å². The van der Waals surface area contributed by atoms with Gasteiger partial charge >= 0.3 is 12.4 Å². The van der Waals surface area contributed by atoms with Crippen LogP contribution in [0.5, 0.6) is 0 Å². The van der Waals surface area contributed by atoms with Gasteiger partial charge in [-0.3, -0.25) is 0 Å². The minimum Gasteiger partial charge on any atom is -0.166 e. The van der Waals surface area contributed by atoms with Gasteiger partial charge in [-0.05, 0) is 17.7 Å². The van der Waals surface area contributed by atoms with Gasteiger partial charge in [0.05, 0.1) is 5.56 Å². The lowest BCUT2D eigenvalue weighted by Crippen LogP contribution is -2.11. The van der Waals surface area contributed by atoms with Crippen LogP contribution in [0.1, 0.15) is 11.1 Å². The van der Waals surface area contributed by atoms with Crippen LogP contribution in [0.4, 0.5) is 26.3 Å². The fourth-order valence-corrected chi connectivity index (χ4v) is 1.22. The average Bonchev–Trinajstić information content (AvgIpc) is 2.15. The molecule has 0 radical (unpaired) electrons. The van der Waals surface area contributed by atoms with E-state index in [1.165, 1.54) is 0 Å². The van der Waals surface area contributed by atoms with E-state index in [1.54, 1.807) is 5.73 Å². The van der Waals surface area contributed by atoms with Gasteiger partial charge in [0, 0.05) is 0 Å². The molecule has 1 aromatic rings. The second-order valence-electron chi connectivity index (χ2n) is 3.13. The normalized spacial score (nSPS) is 12.1. The number of alkyl halides is 6. The SMILES string of the molecule is C=C=C(c1cccc(C(F)(F)F)c1)C(F)(F)F. The van der Waals surface area contributed by atoms with Crippen LogP contribution in [0.25, 0.3) is 5.57 Å². The summed E-state index contributed by atoms with van der Waals surface area (Å²) in [6.07, 6.45) is -9.47. The van der Waals surface area contributed by atoms with Crippen LogP contribution in [0.15, 0.2) is 36.6 Å². The van der Waals surface area contributed by atoms with E-state index in [0.717, 1.165) is 12.1 Å². The summed E-state index contributed by atoms with van der Waals surface area (Å²) in [6.45, 7) is 2.83. The Bertz CT molecular complexity index is 460. The van der Waals surface area contributed by atoms with E-state index >= 15 is 0 Å². The number of hydrogen-bond donors (Lipinski definition) is 0. The molecule has 1 rings (SSSR count). The molecule has 1 aromatic carbocycles. The van der Waals surface area contributed by atoms with E-state index in [0.29, 0.717) is 12.1 Å². The quantitative estimate of drug-likeness (QED) is 0.512. The lowest BCUT2D eigenvalue weighted by atomic mass is 10.0. The third-order valence-corrected chi connectivity index (χ3v) is 1.94. The van der Waals surface area contributed by atoms with Gasteiger partial charge in [0.2, 0.25) is 0 Å². The van der Waals surface area contributed by atoms with E-state index in [4.69, 9.17) is 0 Å². The molecule has 0 aliphatic carbocycles. The first-order chi connectivity index (χ1) is 7.66. The summed E-state index contributed by atoms with van der Waals surface area (Å²) < 4.78 is 74.2. The Morgan fingerprint density at radius 2 is 1.65 bits per heavy atom. The van der Waals surface area contributed by atoms with Crippen LogP contribution in [-0.4, -0.2) is 6.18 Å². The van der Waals surface area contributed by atoms with Gasteiger partial charge in [-0.1, -0.05) is 18.7 Å². The molecule has 0 aromatic heterocycles. The van der Waals surface area contributed by atoms with Gasteiger partial charge in [-0.15, -0.1) is 5.73 Å². The molecule has 0 unspecified atom stereocenters. The first kappa shape index (κ1) is 13.4. The van der Waals surface area contributed by atoms with Gasteiger partial charge in [0.15, 0.2) is 0 Å². The van der Waals surface area contributed by atoms with Crippen LogP contribution in [0, 0.1) is 0 Å². The largest absolute Gasteiger partial charge is 0.424 e. The lowest BCUT2D eigenvalue weighted by molar-refractivity contribution is -0.137. The van der Waals surface area contributed by atoms with Crippen molar-refractivity contribution in [1.82, 2.24) is 0 Å². The Labute approximate surface area is 92.9 Å². The van der Waals surface area contributed by atoms with Crippen molar-refractivity contribution in [3.05, 3.63) is 47.7 Å². The number of hydrogen-bond acceptors (Lipinski definition) is 0. The molecule has 0 nitrogen and oxygen atoms in total. The molecule has 0 saturated heterocycles. The van der Waals surface area contributed by atoms with E-state index in [-0.39, 0.29) is 0 Å². The topological polar surface area (TPSA) is 0 Å². The van der Waals surface area contributed by atoms with E-state index < -0.39 is 29.1 Å². The third kappa shape index (κ3) is 3.14. The molecule has 0 spiro atoms. The fraction of sp³-hybridized carbons (Fsp3) is 0.182. The van der Waals surface area contributed by atoms with Crippen LogP contribution in [0.3, 0.4) is 0 Å². The molecular formula is C11H6F6. The molecule has 6 heteroatoms. The Kier molecular flexibility index (Phi) is 3.38. The molecule has 0 amide bonds. The van der Waals surface area contributed by atoms with Crippen molar-refractivity contribution in [1.29, 1.82) is 0 Å². The van der Waals surface area contributed by atoms with Crippen molar-refractivity contribution in [2.24, 2.45) is 0 Å². The van der Waals surface area contributed by atoms with Crippen LogP contribution in [-0.2, 0) is 6.18 Å². The molecule has 0 bridgehead atoms. The van der Waals surface area contributed by atoms with Crippen molar-refractivity contribution in [3.8, 4) is 0 Å². The second-order valence-corrected chi connectivity index (χ2v) is 3.13. The molecule has 92 valence electrons. The van der Waals surface area contributed by atoms with Crippen molar-refractivity contribution in [3.63, 3.8) is 0 Å². The van der Waals surface area contributed by atoms with Gasteiger partial charge in [-0.25, -0.2) is 0 Å². The first-order valence-corrected chi connectivity index (χ1v) is 4.31. The minimum absolute atomic E-state index is 0.418. The highest BCUT2D eigenvalue weighted by molar-refractivity contribution is 5.69. The maximum Gasteiger partial charge on any atom is 0.424 e. The van der Waals surface area contributed by atoms with Crippen molar-refractivity contribution < 1.29 is 26.3 Å². The molecule has 0 fully saturated rings. The molecule has 0 atom stereocenters. The molecule has 0 aliphatic heterocycles. The summed E-state index contributed by atoms with van der Waals surface area (Å²) >= 11 is 0. The minimum atomic E-state index is -4.79. The second kappa shape index (κ2) is 4.30. The number of halogens is 6. The Morgan fingerprint density at radius 1 is 1.06 bits per heavy atom. The first-order valence-electron chi connectivity index (χ1n) is 4.31. The highest BCUT2D eigenvalue weighted by atomic mass is 19.4. The zero-order valence-electron chi connectivity index (χ0n) is 8.28. The smallest absolute Gasteiger partial charge is 0.166 e. The maximum absolute atomic E-state index is 12.4. The molecule has 0 aliphatic rings. The summed E-state index contributed by atoms with van der Waals surface area (Å²) in [7, 11) is 0. The predicted molar refractivity (Wildman–Crippen MR) is 50.0 cm³/mol. The number of rotatable bonds is 1. The van der Waals surface area contributed by atoms with Crippen molar-refractivity contribution >= 4 is 5.57 Å². The number of benzene rings is 1.